The molecule has 2 fully saturated rings. The van der Waals surface area contributed by atoms with E-state index in [2.05, 4.69) is 5.32 Å². The number of nitrogens with one attached hydrogen (secondary N) is 1. The quantitative estimate of drug-likeness (QED) is 0.284. The van der Waals surface area contributed by atoms with Gasteiger partial charge in [0.2, 0.25) is 17.7 Å². The van der Waals surface area contributed by atoms with Gasteiger partial charge in [0, 0.05) is 18.6 Å². The summed E-state index contributed by atoms with van der Waals surface area (Å²) in [5.74, 6) is -1.88. The number of nitrogens with zero attached hydrogens (tertiary/aromatic N) is 2. The number of allylic oxidation sites excluding steroid dienone is 2. The normalized spacial score (nSPS) is 25.3. The molecule has 2 aromatic carbocycles. The Kier molecular flexibility index (Phi) is 5.84. The zero-order chi connectivity index (χ0) is 24.7. The van der Waals surface area contributed by atoms with Crippen molar-refractivity contribution < 1.29 is 24.0 Å². The smallest absolute Gasteiger partial charge is 0.271 e. The highest BCUT2D eigenvalue weighted by molar-refractivity contribution is 6.10. The molecule has 2 bridgehead atoms. The SMILES string of the molecule is COc1ccc([N+](=O)[O-])cc1NC(=O)C(Cc1ccccc1)N1C(=O)C2C3C=CC(CC3)C2C1=O. The Morgan fingerprint density at radius 2 is 1.71 bits per heavy atom. The zero-order valence-corrected chi connectivity index (χ0v) is 19.1. The second-order valence-electron chi connectivity index (χ2n) is 9.22. The number of likely N-dealkylation sites (tertiary alicyclic amines) is 1. The molecule has 5 atom stereocenters. The molecule has 4 aliphatic rings. The minimum atomic E-state index is -1.11. The van der Waals surface area contributed by atoms with Gasteiger partial charge in [0.15, 0.2) is 0 Å². The molecule has 3 amide bonds. The van der Waals surface area contributed by atoms with Crippen LogP contribution in [0.15, 0.2) is 60.7 Å². The van der Waals surface area contributed by atoms with Crippen LogP contribution >= 0.6 is 0 Å². The minimum absolute atomic E-state index is 0.00348. The van der Waals surface area contributed by atoms with E-state index in [1.165, 1.54) is 25.3 Å². The fraction of sp³-hybridized carbons (Fsp3) is 0.346. The predicted octanol–water partition coefficient (Wildman–Crippen LogP) is 3.35. The van der Waals surface area contributed by atoms with Crippen LogP contribution in [0.2, 0.25) is 0 Å². The van der Waals surface area contributed by atoms with Crippen molar-refractivity contribution in [2.24, 2.45) is 23.7 Å². The minimum Gasteiger partial charge on any atom is -0.495 e. The van der Waals surface area contributed by atoms with Crippen LogP contribution in [0.25, 0.3) is 0 Å². The molecule has 1 saturated heterocycles. The van der Waals surface area contributed by atoms with Gasteiger partial charge >= 0.3 is 0 Å². The number of hydrogen-bond acceptors (Lipinski definition) is 6. The summed E-state index contributed by atoms with van der Waals surface area (Å²) in [5, 5.41) is 14.0. The van der Waals surface area contributed by atoms with E-state index in [9.17, 15) is 24.5 Å². The number of amides is 3. The van der Waals surface area contributed by atoms with Gasteiger partial charge in [0.1, 0.15) is 11.8 Å². The summed E-state index contributed by atoms with van der Waals surface area (Å²) in [4.78, 5) is 52.6. The number of carbonyl (C=O) groups is 3. The molecular weight excluding hydrogens is 450 g/mol. The van der Waals surface area contributed by atoms with Gasteiger partial charge in [-0.2, -0.15) is 0 Å². The molecule has 1 N–H and O–H groups in total. The van der Waals surface area contributed by atoms with Crippen molar-refractivity contribution in [1.82, 2.24) is 4.90 Å². The van der Waals surface area contributed by atoms with Gasteiger partial charge in [-0.05, 0) is 36.3 Å². The third kappa shape index (κ3) is 3.96. The first-order chi connectivity index (χ1) is 16.9. The van der Waals surface area contributed by atoms with Gasteiger partial charge in [0.05, 0.1) is 29.6 Å². The highest BCUT2D eigenvalue weighted by Gasteiger charge is 2.58. The molecule has 3 aliphatic carbocycles. The molecule has 5 unspecified atom stereocenters. The van der Waals surface area contributed by atoms with Crippen molar-refractivity contribution in [3.8, 4) is 5.75 Å². The van der Waals surface area contributed by atoms with Gasteiger partial charge in [-0.3, -0.25) is 29.4 Å². The first-order valence-electron chi connectivity index (χ1n) is 11.6. The predicted molar refractivity (Wildman–Crippen MR) is 126 cm³/mol. The summed E-state index contributed by atoms with van der Waals surface area (Å²) in [7, 11) is 1.39. The second-order valence-corrected chi connectivity index (χ2v) is 9.22. The lowest BCUT2D eigenvalue weighted by Crippen LogP contribution is -2.49. The van der Waals surface area contributed by atoms with Crippen molar-refractivity contribution in [3.05, 3.63) is 76.4 Å². The van der Waals surface area contributed by atoms with Crippen molar-refractivity contribution in [3.63, 3.8) is 0 Å². The van der Waals surface area contributed by atoms with Gasteiger partial charge < -0.3 is 10.1 Å². The molecule has 9 heteroatoms. The number of carbonyl (C=O) groups excluding carboxylic acids is 3. The fourth-order valence-electron chi connectivity index (χ4n) is 5.67. The van der Waals surface area contributed by atoms with Crippen LogP contribution in [0.4, 0.5) is 11.4 Å². The highest BCUT2D eigenvalue weighted by Crippen LogP contribution is 2.50. The van der Waals surface area contributed by atoms with Crippen LogP contribution in [0, 0.1) is 33.8 Å². The van der Waals surface area contributed by atoms with Crippen LogP contribution in [0.1, 0.15) is 18.4 Å². The van der Waals surface area contributed by atoms with Crippen LogP contribution in [-0.4, -0.2) is 40.7 Å². The van der Waals surface area contributed by atoms with Crippen LogP contribution < -0.4 is 10.1 Å². The largest absolute Gasteiger partial charge is 0.495 e. The molecule has 9 nitrogen and oxygen atoms in total. The molecule has 0 aromatic heterocycles. The second kappa shape index (κ2) is 8.98. The summed E-state index contributed by atoms with van der Waals surface area (Å²) in [6.45, 7) is 0. The first kappa shape index (κ1) is 22.8. The average Bonchev–Trinajstić information content (AvgIpc) is 3.15. The maximum atomic E-state index is 13.6. The molecule has 6 rings (SSSR count). The molecule has 180 valence electrons. The first-order valence-corrected chi connectivity index (χ1v) is 11.6. The number of hydrogen-bond donors (Lipinski definition) is 1. The standard InChI is InChI=1S/C26H25N3O6/c1-35-21-12-11-18(29(33)34)14-19(21)27-24(30)20(13-15-5-3-2-4-6-15)28-25(31)22-16-7-8-17(10-9-16)23(22)26(28)32/h2-8,11-12,14,16-17,20,22-23H,9-10,13H2,1H3,(H,27,30). The maximum Gasteiger partial charge on any atom is 0.271 e. The summed E-state index contributed by atoms with van der Waals surface area (Å²) in [6.07, 6.45) is 5.91. The van der Waals surface area contributed by atoms with E-state index in [1.807, 2.05) is 42.5 Å². The van der Waals surface area contributed by atoms with E-state index >= 15 is 0 Å². The number of benzene rings is 2. The molecule has 1 heterocycles. The Morgan fingerprint density at radius 1 is 1.09 bits per heavy atom. The van der Waals surface area contributed by atoms with Gasteiger partial charge in [-0.25, -0.2) is 0 Å². The lowest BCUT2D eigenvalue weighted by molar-refractivity contribution is -0.384. The molecule has 0 radical (unpaired) electrons. The monoisotopic (exact) mass is 475 g/mol. The highest BCUT2D eigenvalue weighted by atomic mass is 16.6. The summed E-state index contributed by atoms with van der Waals surface area (Å²) in [5.41, 5.74) is 0.668. The molecule has 0 spiro atoms. The topological polar surface area (TPSA) is 119 Å². The third-order valence-electron chi connectivity index (χ3n) is 7.33. The number of nitro groups is 1. The Labute approximate surface area is 201 Å². The molecule has 1 aliphatic heterocycles. The number of nitro benzene ring substituents is 1. The number of ether oxygens (including phenoxy) is 1. The van der Waals surface area contributed by atoms with E-state index in [1.54, 1.807) is 0 Å². The number of methoxy groups -OCH3 is 1. The Balaban J connectivity index is 1.49. The Bertz CT molecular complexity index is 1190. The lowest BCUT2D eigenvalue weighted by Gasteiger charge is -2.38. The molecule has 2 aromatic rings. The third-order valence-corrected chi connectivity index (χ3v) is 7.33. The van der Waals surface area contributed by atoms with Gasteiger partial charge in [-0.1, -0.05) is 42.5 Å². The van der Waals surface area contributed by atoms with Crippen molar-refractivity contribution in [2.75, 3.05) is 12.4 Å². The van der Waals surface area contributed by atoms with E-state index in [0.29, 0.717) is 0 Å². The van der Waals surface area contributed by atoms with Gasteiger partial charge in [-0.15, -0.1) is 0 Å². The van der Waals surface area contributed by atoms with E-state index in [-0.39, 0.29) is 47.2 Å². The van der Waals surface area contributed by atoms with Gasteiger partial charge in [0.25, 0.3) is 5.69 Å². The van der Waals surface area contributed by atoms with Crippen molar-refractivity contribution in [2.45, 2.75) is 25.3 Å². The fourth-order valence-corrected chi connectivity index (χ4v) is 5.67. The van der Waals surface area contributed by atoms with Crippen molar-refractivity contribution in [1.29, 1.82) is 0 Å². The van der Waals surface area contributed by atoms with Crippen molar-refractivity contribution >= 4 is 29.1 Å². The number of rotatable bonds is 7. The Morgan fingerprint density at radius 3 is 2.26 bits per heavy atom. The summed E-state index contributed by atoms with van der Waals surface area (Å²) < 4.78 is 5.27. The number of non-ortho nitro benzene ring substituents is 1. The van der Waals surface area contributed by atoms with E-state index in [4.69, 9.17) is 4.74 Å². The average molecular weight is 476 g/mol. The number of anilines is 1. The lowest BCUT2D eigenvalue weighted by atomic mass is 9.63. The van der Waals surface area contributed by atoms with Crippen LogP contribution in [0.5, 0.6) is 5.75 Å². The summed E-state index contributed by atoms with van der Waals surface area (Å²) >= 11 is 0. The van der Waals surface area contributed by atoms with E-state index in [0.717, 1.165) is 23.3 Å². The molecule has 1 saturated carbocycles. The molecule has 35 heavy (non-hydrogen) atoms. The van der Waals surface area contributed by atoms with E-state index < -0.39 is 28.7 Å². The maximum absolute atomic E-state index is 13.6. The zero-order valence-electron chi connectivity index (χ0n) is 19.1. The Hall–Kier alpha value is -4.01. The number of imide groups is 1. The van der Waals surface area contributed by atoms with Crippen LogP contribution in [-0.2, 0) is 20.8 Å². The van der Waals surface area contributed by atoms with Crippen LogP contribution in [0.3, 0.4) is 0 Å². The number of fused-ring (bicyclic) bond motifs is 1. The molecular formula is C26H25N3O6. The summed E-state index contributed by atoms with van der Waals surface area (Å²) in [6, 6.07) is 11.9.